The van der Waals surface area contributed by atoms with Gasteiger partial charge in [0.1, 0.15) is 11.6 Å². The number of hydrogen-bond acceptors (Lipinski definition) is 7. The van der Waals surface area contributed by atoms with E-state index in [0.29, 0.717) is 17.5 Å². The lowest BCUT2D eigenvalue weighted by Crippen LogP contribution is -2.01. The summed E-state index contributed by atoms with van der Waals surface area (Å²) in [7, 11) is 0. The van der Waals surface area contributed by atoms with Crippen molar-refractivity contribution in [3.63, 3.8) is 0 Å². The smallest absolute Gasteiger partial charge is 0.164 e. The van der Waals surface area contributed by atoms with Gasteiger partial charge in [0.05, 0.1) is 45.8 Å². The quantitative estimate of drug-likeness (QED) is 0.152. The molecule has 0 unspecified atom stereocenters. The van der Waals surface area contributed by atoms with Crippen LogP contribution in [0.25, 0.3) is 102 Å². The van der Waals surface area contributed by atoms with Crippen molar-refractivity contribution < 1.29 is 0 Å². The van der Waals surface area contributed by atoms with Crippen LogP contribution >= 0.6 is 0 Å². The Bertz CT molecular complexity index is 3110. The Labute approximate surface area is 345 Å². The molecule has 0 aliphatic carbocycles. The highest BCUT2D eigenvalue weighted by atomic mass is 15.1. The predicted molar refractivity (Wildman–Crippen MR) is 237 cm³/mol. The van der Waals surface area contributed by atoms with E-state index in [2.05, 4.69) is 104 Å². The lowest BCUT2D eigenvalue weighted by atomic mass is 10.0. The van der Waals surface area contributed by atoms with Gasteiger partial charge in [0.15, 0.2) is 17.5 Å². The lowest BCUT2D eigenvalue weighted by molar-refractivity contribution is 1.07. The van der Waals surface area contributed by atoms with Crippen molar-refractivity contribution in [3.05, 3.63) is 201 Å². The summed E-state index contributed by atoms with van der Waals surface area (Å²) in [6.07, 6.45) is 7.27. The van der Waals surface area contributed by atoms with E-state index in [1.165, 1.54) is 0 Å². The minimum Gasteiger partial charge on any atom is -0.291 e. The van der Waals surface area contributed by atoms with E-state index in [0.717, 1.165) is 84.0 Å². The molecule has 0 fully saturated rings. The van der Waals surface area contributed by atoms with Gasteiger partial charge in [-0.25, -0.2) is 24.9 Å². The van der Waals surface area contributed by atoms with Crippen molar-refractivity contribution >= 4 is 22.1 Å². The fourth-order valence-electron chi connectivity index (χ4n) is 7.70. The third kappa shape index (κ3) is 6.36. The Balaban J connectivity index is 1.01. The van der Waals surface area contributed by atoms with Crippen LogP contribution in [-0.4, -0.2) is 44.0 Å². The summed E-state index contributed by atoms with van der Waals surface area (Å²) in [5, 5.41) is 0. The van der Waals surface area contributed by atoms with Gasteiger partial charge < -0.3 is 0 Å². The number of fused-ring (bicyclic) bond motifs is 2. The Morgan fingerprint density at radius 2 is 0.733 bits per heavy atom. The van der Waals surface area contributed by atoms with E-state index in [-0.39, 0.29) is 0 Å². The maximum Gasteiger partial charge on any atom is 0.164 e. The highest BCUT2D eigenvalue weighted by Crippen LogP contribution is 2.33. The second-order valence-electron chi connectivity index (χ2n) is 14.3. The molecule has 5 aromatic heterocycles. The third-order valence-corrected chi connectivity index (χ3v) is 10.6. The van der Waals surface area contributed by atoms with Crippen LogP contribution in [0.1, 0.15) is 0 Å². The highest BCUT2D eigenvalue weighted by Gasteiger charge is 2.18. The molecule has 0 saturated heterocycles. The van der Waals surface area contributed by atoms with E-state index in [1.807, 2.05) is 103 Å². The van der Waals surface area contributed by atoms with Crippen LogP contribution in [0.2, 0.25) is 0 Å². The summed E-state index contributed by atoms with van der Waals surface area (Å²) in [4.78, 5) is 34.2. The number of benzene rings is 6. The molecule has 0 bridgehead atoms. The van der Waals surface area contributed by atoms with Gasteiger partial charge in [0.25, 0.3) is 0 Å². The number of imidazole rings is 2. The maximum absolute atomic E-state index is 5.10. The molecular formula is C51H33N9. The fraction of sp³-hybridized carbons (Fsp3) is 0. The molecule has 0 atom stereocenters. The molecule has 60 heavy (non-hydrogen) atoms. The molecule has 6 aromatic carbocycles. The molecule has 0 aliphatic rings. The van der Waals surface area contributed by atoms with E-state index in [4.69, 9.17) is 24.9 Å². The molecule has 0 spiro atoms. The molecule has 0 N–H and O–H groups in total. The highest BCUT2D eigenvalue weighted by molar-refractivity contribution is 5.85. The molecule has 11 rings (SSSR count). The zero-order chi connectivity index (χ0) is 39.8. The van der Waals surface area contributed by atoms with E-state index < -0.39 is 0 Å². The number of para-hydroxylation sites is 4. The van der Waals surface area contributed by atoms with Crippen molar-refractivity contribution in [2.24, 2.45) is 0 Å². The molecule has 0 aliphatic heterocycles. The first-order chi connectivity index (χ1) is 29.7. The second kappa shape index (κ2) is 14.8. The molecule has 0 radical (unpaired) electrons. The molecule has 0 amide bonds. The number of hydrogen-bond donors (Lipinski definition) is 0. The minimum absolute atomic E-state index is 0.565. The fourth-order valence-corrected chi connectivity index (χ4v) is 7.70. The third-order valence-electron chi connectivity index (χ3n) is 10.6. The van der Waals surface area contributed by atoms with Gasteiger partial charge in [-0.1, -0.05) is 121 Å². The largest absolute Gasteiger partial charge is 0.291 e. The van der Waals surface area contributed by atoms with Crippen molar-refractivity contribution in [1.29, 1.82) is 0 Å². The van der Waals surface area contributed by atoms with Crippen LogP contribution in [0.5, 0.6) is 0 Å². The zero-order valence-electron chi connectivity index (χ0n) is 32.1. The van der Waals surface area contributed by atoms with Crippen molar-refractivity contribution in [2.45, 2.75) is 0 Å². The molecule has 5 heterocycles. The van der Waals surface area contributed by atoms with E-state index in [1.54, 1.807) is 12.4 Å². The Morgan fingerprint density at radius 1 is 0.300 bits per heavy atom. The van der Waals surface area contributed by atoms with Crippen LogP contribution < -0.4 is 0 Å². The molecule has 9 heteroatoms. The first-order valence-corrected chi connectivity index (χ1v) is 19.6. The van der Waals surface area contributed by atoms with Gasteiger partial charge in [-0.3, -0.25) is 19.1 Å². The number of nitrogens with zero attached hydrogens (tertiary/aromatic N) is 9. The van der Waals surface area contributed by atoms with Gasteiger partial charge in [-0.2, -0.15) is 0 Å². The van der Waals surface area contributed by atoms with Gasteiger partial charge >= 0.3 is 0 Å². The van der Waals surface area contributed by atoms with Crippen molar-refractivity contribution in [1.82, 2.24) is 44.0 Å². The van der Waals surface area contributed by atoms with Gasteiger partial charge in [-0.15, -0.1) is 0 Å². The van der Waals surface area contributed by atoms with Crippen LogP contribution in [0.15, 0.2) is 201 Å². The molecule has 11 aromatic rings. The molecule has 0 saturated carbocycles. The summed E-state index contributed by atoms with van der Waals surface area (Å²) in [6.45, 7) is 0. The summed E-state index contributed by atoms with van der Waals surface area (Å²) < 4.78 is 4.29. The Morgan fingerprint density at radius 3 is 1.23 bits per heavy atom. The number of pyridine rings is 2. The summed E-state index contributed by atoms with van der Waals surface area (Å²) >= 11 is 0. The number of rotatable bonds is 8. The van der Waals surface area contributed by atoms with Crippen LogP contribution in [0.3, 0.4) is 0 Å². The van der Waals surface area contributed by atoms with Gasteiger partial charge in [0.2, 0.25) is 0 Å². The second-order valence-corrected chi connectivity index (χ2v) is 14.3. The number of aromatic nitrogens is 9. The zero-order valence-corrected chi connectivity index (χ0v) is 32.1. The van der Waals surface area contributed by atoms with Crippen molar-refractivity contribution in [3.8, 4) is 79.4 Å². The maximum atomic E-state index is 5.10. The summed E-state index contributed by atoms with van der Waals surface area (Å²) in [5.74, 6) is 3.35. The topological polar surface area (TPSA) is 100 Å². The first kappa shape index (κ1) is 34.8. The van der Waals surface area contributed by atoms with Gasteiger partial charge in [0, 0.05) is 40.2 Å². The van der Waals surface area contributed by atoms with Crippen LogP contribution in [0, 0.1) is 0 Å². The average Bonchev–Trinajstić information content (AvgIpc) is 3.92. The molecule has 9 nitrogen and oxygen atoms in total. The van der Waals surface area contributed by atoms with Gasteiger partial charge in [-0.05, 0) is 65.7 Å². The monoisotopic (exact) mass is 771 g/mol. The van der Waals surface area contributed by atoms with E-state index in [9.17, 15) is 0 Å². The average molecular weight is 772 g/mol. The SMILES string of the molecule is c1ccc(-c2cccc(-c3nc(-c4ccc(-c5nc6ccccc6n5-c5cccnc5)cc4)nc(-c4ccc(-c5nc6ccccc6n5-c5cccnc5)cc4)n3)c2)cc1. The van der Waals surface area contributed by atoms with E-state index >= 15 is 0 Å². The standard InChI is InChI=1S/C51H33N9/c1-2-11-34(12-3-1)39-13-8-14-40(31-39)49-57-47(35-21-25-37(26-22-35)50-54-43-17-4-6-19-45(43)59(50)41-15-9-29-52-32-41)56-48(58-49)36-23-27-38(28-24-36)51-55-44-18-5-7-20-46(44)60(51)42-16-10-30-53-33-42/h1-33H. The Kier molecular flexibility index (Phi) is 8.59. The lowest BCUT2D eigenvalue weighted by Gasteiger charge is -2.12. The van der Waals surface area contributed by atoms with Crippen molar-refractivity contribution in [2.75, 3.05) is 0 Å². The van der Waals surface area contributed by atoms with Crippen LogP contribution in [0.4, 0.5) is 0 Å². The summed E-state index contributed by atoms with van der Waals surface area (Å²) in [6, 6.07) is 59.5. The minimum atomic E-state index is 0.565. The normalized spacial score (nSPS) is 11.3. The summed E-state index contributed by atoms with van der Waals surface area (Å²) in [5.41, 5.74) is 12.4. The molecule has 282 valence electrons. The van der Waals surface area contributed by atoms with Crippen LogP contribution in [-0.2, 0) is 0 Å². The predicted octanol–water partition coefficient (Wildman–Crippen LogP) is 11.3. The molecular weight excluding hydrogens is 739 g/mol. The Hall–Kier alpha value is -8.43. The first-order valence-electron chi connectivity index (χ1n) is 19.6.